The van der Waals surface area contributed by atoms with Crippen LogP contribution in [0.5, 0.6) is 0 Å². The standard InChI is InChI=1S/C14H17N3O2S/c1-19-14(4-6-15-7-5-14)13(18)17-10-2-3-11-12(8-10)20-9-16-11/h2-3,8-9,15H,4-7H2,1H3,(H,17,18). The predicted octanol–water partition coefficient (Wildman–Crippen LogP) is 2.00. The van der Waals surface area contributed by atoms with E-state index in [1.165, 1.54) is 0 Å². The van der Waals surface area contributed by atoms with Gasteiger partial charge in [-0.15, -0.1) is 11.3 Å². The highest BCUT2D eigenvalue weighted by molar-refractivity contribution is 7.16. The molecule has 1 saturated heterocycles. The average molecular weight is 291 g/mol. The number of hydrogen-bond donors (Lipinski definition) is 2. The van der Waals surface area contributed by atoms with Gasteiger partial charge < -0.3 is 15.4 Å². The summed E-state index contributed by atoms with van der Waals surface area (Å²) >= 11 is 1.57. The number of benzene rings is 1. The van der Waals surface area contributed by atoms with Crippen LogP contribution in [0.4, 0.5) is 5.69 Å². The van der Waals surface area contributed by atoms with Crippen LogP contribution in [-0.2, 0) is 9.53 Å². The van der Waals surface area contributed by atoms with E-state index in [0.717, 1.165) is 29.0 Å². The summed E-state index contributed by atoms with van der Waals surface area (Å²) < 4.78 is 6.59. The van der Waals surface area contributed by atoms with E-state index >= 15 is 0 Å². The number of thiazole rings is 1. The zero-order valence-electron chi connectivity index (χ0n) is 11.3. The molecule has 6 heteroatoms. The van der Waals surface area contributed by atoms with Gasteiger partial charge in [0.05, 0.1) is 15.7 Å². The van der Waals surface area contributed by atoms with E-state index in [4.69, 9.17) is 4.74 Å². The zero-order valence-corrected chi connectivity index (χ0v) is 12.1. The van der Waals surface area contributed by atoms with E-state index < -0.39 is 5.60 Å². The van der Waals surface area contributed by atoms with Crippen molar-refractivity contribution in [2.45, 2.75) is 18.4 Å². The highest BCUT2D eigenvalue weighted by atomic mass is 32.1. The largest absolute Gasteiger partial charge is 0.368 e. The number of piperidine rings is 1. The molecule has 20 heavy (non-hydrogen) atoms. The maximum absolute atomic E-state index is 12.5. The minimum absolute atomic E-state index is 0.0645. The molecule has 2 heterocycles. The molecule has 2 N–H and O–H groups in total. The number of hydrogen-bond acceptors (Lipinski definition) is 5. The summed E-state index contributed by atoms with van der Waals surface area (Å²) in [5, 5.41) is 6.22. The third-order valence-corrected chi connectivity index (χ3v) is 4.60. The molecule has 1 aromatic carbocycles. The molecule has 0 radical (unpaired) electrons. The van der Waals surface area contributed by atoms with Crippen LogP contribution < -0.4 is 10.6 Å². The first-order chi connectivity index (χ1) is 9.73. The molecule has 0 spiro atoms. The van der Waals surface area contributed by atoms with Gasteiger partial charge >= 0.3 is 0 Å². The molecule has 0 bridgehead atoms. The molecule has 0 atom stereocenters. The first kappa shape index (κ1) is 13.5. The summed E-state index contributed by atoms with van der Waals surface area (Å²) in [7, 11) is 1.61. The fourth-order valence-corrected chi connectivity index (χ4v) is 3.25. The molecule has 5 nitrogen and oxygen atoms in total. The Morgan fingerprint density at radius 1 is 1.45 bits per heavy atom. The second kappa shape index (κ2) is 5.47. The van der Waals surface area contributed by atoms with Crippen molar-refractivity contribution >= 4 is 33.1 Å². The van der Waals surface area contributed by atoms with Crippen molar-refractivity contribution in [2.24, 2.45) is 0 Å². The lowest BCUT2D eigenvalue weighted by molar-refractivity contribution is -0.140. The molecule has 3 rings (SSSR count). The van der Waals surface area contributed by atoms with Crippen molar-refractivity contribution < 1.29 is 9.53 Å². The maximum atomic E-state index is 12.5. The van der Waals surface area contributed by atoms with E-state index in [2.05, 4.69) is 15.6 Å². The highest BCUT2D eigenvalue weighted by Crippen LogP contribution is 2.26. The lowest BCUT2D eigenvalue weighted by Crippen LogP contribution is -2.51. The van der Waals surface area contributed by atoms with Gasteiger partial charge in [-0.25, -0.2) is 4.98 Å². The number of carbonyl (C=O) groups is 1. The van der Waals surface area contributed by atoms with Crippen molar-refractivity contribution in [1.82, 2.24) is 10.3 Å². The quantitative estimate of drug-likeness (QED) is 0.908. The summed E-state index contributed by atoms with van der Waals surface area (Å²) in [5.74, 6) is -0.0645. The van der Waals surface area contributed by atoms with Gasteiger partial charge in [0, 0.05) is 12.8 Å². The van der Waals surface area contributed by atoms with Crippen molar-refractivity contribution in [1.29, 1.82) is 0 Å². The van der Waals surface area contributed by atoms with Crippen molar-refractivity contribution in [3.8, 4) is 0 Å². The van der Waals surface area contributed by atoms with E-state index in [1.807, 2.05) is 18.2 Å². The predicted molar refractivity (Wildman–Crippen MR) is 80.1 cm³/mol. The number of fused-ring (bicyclic) bond motifs is 1. The van der Waals surface area contributed by atoms with E-state index in [-0.39, 0.29) is 5.91 Å². The Morgan fingerprint density at radius 3 is 3.00 bits per heavy atom. The van der Waals surface area contributed by atoms with Crippen LogP contribution in [0.1, 0.15) is 12.8 Å². The lowest BCUT2D eigenvalue weighted by Gasteiger charge is -2.34. The van der Waals surface area contributed by atoms with E-state index in [9.17, 15) is 4.79 Å². The number of amides is 1. The van der Waals surface area contributed by atoms with E-state index in [0.29, 0.717) is 12.8 Å². The summed E-state index contributed by atoms with van der Waals surface area (Å²) in [5.41, 5.74) is 2.84. The van der Waals surface area contributed by atoms with Gasteiger partial charge in [-0.3, -0.25) is 4.79 Å². The molecule has 106 valence electrons. The monoisotopic (exact) mass is 291 g/mol. The van der Waals surface area contributed by atoms with Crippen LogP contribution in [0.15, 0.2) is 23.7 Å². The molecule has 1 fully saturated rings. The van der Waals surface area contributed by atoms with Crippen molar-refractivity contribution in [3.05, 3.63) is 23.7 Å². The van der Waals surface area contributed by atoms with Crippen LogP contribution in [0.25, 0.3) is 10.2 Å². The normalized spacial score (nSPS) is 18.1. The zero-order chi connectivity index (χ0) is 14.0. The molecular weight excluding hydrogens is 274 g/mol. The Balaban J connectivity index is 1.80. The van der Waals surface area contributed by atoms with Crippen LogP contribution >= 0.6 is 11.3 Å². The smallest absolute Gasteiger partial charge is 0.256 e. The molecule has 1 amide bonds. The Bertz CT molecular complexity index is 620. The molecule has 0 aliphatic carbocycles. The molecule has 0 saturated carbocycles. The minimum atomic E-state index is -0.714. The minimum Gasteiger partial charge on any atom is -0.368 e. The summed E-state index contributed by atoms with van der Waals surface area (Å²) in [6, 6.07) is 5.75. The topological polar surface area (TPSA) is 63.2 Å². The Morgan fingerprint density at radius 2 is 2.25 bits per heavy atom. The number of methoxy groups -OCH3 is 1. The third-order valence-electron chi connectivity index (χ3n) is 3.80. The molecule has 2 aromatic rings. The number of anilines is 1. The first-order valence-electron chi connectivity index (χ1n) is 6.64. The van der Waals surface area contributed by atoms with Gasteiger partial charge in [-0.05, 0) is 44.1 Å². The second-order valence-corrected chi connectivity index (χ2v) is 5.82. The first-order valence-corrected chi connectivity index (χ1v) is 7.52. The fraction of sp³-hybridized carbons (Fsp3) is 0.429. The number of rotatable bonds is 3. The second-order valence-electron chi connectivity index (χ2n) is 4.94. The Kier molecular flexibility index (Phi) is 3.69. The molecule has 1 aliphatic heterocycles. The van der Waals surface area contributed by atoms with Gasteiger partial charge in [0.15, 0.2) is 0 Å². The summed E-state index contributed by atoms with van der Waals surface area (Å²) in [6.07, 6.45) is 1.39. The Hall–Kier alpha value is -1.50. The van der Waals surface area contributed by atoms with Crippen LogP contribution in [0.2, 0.25) is 0 Å². The van der Waals surface area contributed by atoms with E-state index in [1.54, 1.807) is 24.0 Å². The average Bonchev–Trinajstić information content (AvgIpc) is 2.95. The number of ether oxygens (including phenoxy) is 1. The number of nitrogens with one attached hydrogen (secondary N) is 2. The maximum Gasteiger partial charge on any atom is 0.256 e. The number of nitrogens with zero attached hydrogens (tertiary/aromatic N) is 1. The van der Waals surface area contributed by atoms with Crippen LogP contribution in [0, 0.1) is 0 Å². The third kappa shape index (κ3) is 2.42. The van der Waals surface area contributed by atoms with Gasteiger partial charge in [0.2, 0.25) is 0 Å². The molecule has 0 unspecified atom stereocenters. The highest BCUT2D eigenvalue weighted by Gasteiger charge is 2.39. The van der Waals surface area contributed by atoms with Gasteiger partial charge in [-0.2, -0.15) is 0 Å². The van der Waals surface area contributed by atoms with Gasteiger partial charge in [0.1, 0.15) is 5.60 Å². The fourth-order valence-electron chi connectivity index (χ4n) is 2.53. The summed E-state index contributed by atoms with van der Waals surface area (Å²) in [4.78, 5) is 16.8. The molecule has 1 aromatic heterocycles. The number of aromatic nitrogens is 1. The SMILES string of the molecule is COC1(C(=O)Nc2ccc3ncsc3c2)CCNCC1. The molecule has 1 aliphatic rings. The van der Waals surface area contributed by atoms with Gasteiger partial charge in [0.25, 0.3) is 5.91 Å². The lowest BCUT2D eigenvalue weighted by atomic mass is 9.91. The molecular formula is C14H17N3O2S. The van der Waals surface area contributed by atoms with Gasteiger partial charge in [-0.1, -0.05) is 0 Å². The Labute approximate surface area is 121 Å². The van der Waals surface area contributed by atoms with Crippen LogP contribution in [-0.4, -0.2) is 36.7 Å². The van der Waals surface area contributed by atoms with Crippen molar-refractivity contribution in [2.75, 3.05) is 25.5 Å². The summed E-state index contributed by atoms with van der Waals surface area (Å²) in [6.45, 7) is 1.60. The van der Waals surface area contributed by atoms with Crippen molar-refractivity contribution in [3.63, 3.8) is 0 Å². The van der Waals surface area contributed by atoms with Crippen LogP contribution in [0.3, 0.4) is 0 Å². The number of carbonyl (C=O) groups excluding carboxylic acids is 1.